The number of fused-ring (bicyclic) bond motifs is 2. The van der Waals surface area contributed by atoms with Crippen LogP contribution in [0.5, 0.6) is 0 Å². The van der Waals surface area contributed by atoms with Gasteiger partial charge in [-0.15, -0.1) is 0 Å². The van der Waals surface area contributed by atoms with E-state index in [2.05, 4.69) is 0 Å². The molecule has 0 spiro atoms. The van der Waals surface area contributed by atoms with Crippen molar-refractivity contribution in [3.63, 3.8) is 0 Å². The quantitative estimate of drug-likeness (QED) is 0.741. The summed E-state index contributed by atoms with van der Waals surface area (Å²) in [6.07, 6.45) is 0. The third kappa shape index (κ3) is 2.02. The molecule has 0 radical (unpaired) electrons. The first-order valence-corrected chi connectivity index (χ1v) is 6.34. The molecule has 0 saturated carbocycles. The molecule has 3 nitrogen and oxygen atoms in total. The van der Waals surface area contributed by atoms with Crippen molar-refractivity contribution in [3.05, 3.63) is 69.3 Å². The van der Waals surface area contributed by atoms with Gasteiger partial charge in [0.05, 0.1) is 5.56 Å². The Morgan fingerprint density at radius 2 is 1.60 bits per heavy atom. The maximum Gasteiger partial charge on any atom is 0.335 e. The van der Waals surface area contributed by atoms with Crippen LogP contribution in [0.25, 0.3) is 21.5 Å². The van der Waals surface area contributed by atoms with Crippen molar-refractivity contribution in [1.82, 2.24) is 0 Å². The molecule has 0 atom stereocenters. The van der Waals surface area contributed by atoms with Crippen molar-refractivity contribution in [2.75, 3.05) is 0 Å². The lowest BCUT2D eigenvalue weighted by Gasteiger charge is -1.96. The lowest BCUT2D eigenvalue weighted by Crippen LogP contribution is -2.00. The molecule has 20 heavy (non-hydrogen) atoms. The average Bonchev–Trinajstić information content (AvgIpc) is 2.57. The van der Waals surface area contributed by atoms with Crippen LogP contribution >= 0.6 is 11.6 Å². The zero-order valence-electron chi connectivity index (χ0n) is 10.3. The maximum absolute atomic E-state index is 12.5. The van der Waals surface area contributed by atoms with Gasteiger partial charge in [0.25, 0.3) is 0 Å². The number of carboxylic acids is 1. The minimum atomic E-state index is -1.02. The first-order chi connectivity index (χ1) is 9.56. The smallest absolute Gasteiger partial charge is 0.335 e. The standard InChI is InChI=1S/C16H9ClO3/c17-12-5-3-9-1-2-10-7-11(16(19)20)4-6-13(10)15(18)14(9)8-12/h1-8H,(H,19,20). The van der Waals surface area contributed by atoms with Crippen molar-refractivity contribution in [2.45, 2.75) is 0 Å². The van der Waals surface area contributed by atoms with Crippen molar-refractivity contribution in [1.29, 1.82) is 0 Å². The van der Waals surface area contributed by atoms with Gasteiger partial charge in [-0.05, 0) is 41.1 Å². The molecule has 4 heteroatoms. The van der Waals surface area contributed by atoms with Gasteiger partial charge < -0.3 is 5.11 Å². The summed E-state index contributed by atoms with van der Waals surface area (Å²) < 4.78 is 0. The van der Waals surface area contributed by atoms with Crippen LogP contribution < -0.4 is 5.43 Å². The normalized spacial score (nSPS) is 10.8. The highest BCUT2D eigenvalue weighted by Gasteiger charge is 2.07. The Bertz CT molecular complexity index is 916. The van der Waals surface area contributed by atoms with E-state index in [0.717, 1.165) is 5.39 Å². The fourth-order valence-electron chi connectivity index (χ4n) is 2.24. The van der Waals surface area contributed by atoms with E-state index < -0.39 is 5.97 Å². The molecule has 0 saturated heterocycles. The summed E-state index contributed by atoms with van der Waals surface area (Å²) in [5.74, 6) is -1.02. The summed E-state index contributed by atoms with van der Waals surface area (Å²) in [6, 6.07) is 13.1. The SMILES string of the molecule is O=C(O)c1ccc2c(=O)c3cc(Cl)ccc3ccc2c1. The van der Waals surface area contributed by atoms with Gasteiger partial charge in [-0.3, -0.25) is 4.79 Å². The summed E-state index contributed by atoms with van der Waals surface area (Å²) in [7, 11) is 0. The average molecular weight is 285 g/mol. The fraction of sp³-hybridized carbons (Fsp3) is 0. The van der Waals surface area contributed by atoms with Gasteiger partial charge in [-0.1, -0.05) is 29.8 Å². The maximum atomic E-state index is 12.5. The second-order valence-electron chi connectivity index (χ2n) is 4.50. The summed E-state index contributed by atoms with van der Waals surface area (Å²) >= 11 is 5.94. The van der Waals surface area contributed by atoms with E-state index in [4.69, 9.17) is 16.7 Å². The molecule has 0 fully saturated rings. The second-order valence-corrected chi connectivity index (χ2v) is 4.94. The Morgan fingerprint density at radius 1 is 0.900 bits per heavy atom. The van der Waals surface area contributed by atoms with E-state index in [1.54, 1.807) is 36.4 Å². The van der Waals surface area contributed by atoms with Gasteiger partial charge >= 0.3 is 5.97 Å². The van der Waals surface area contributed by atoms with Gasteiger partial charge in [0.2, 0.25) is 0 Å². The van der Waals surface area contributed by atoms with Gasteiger partial charge in [0.15, 0.2) is 5.43 Å². The van der Waals surface area contributed by atoms with Crippen LogP contribution in [0.2, 0.25) is 5.02 Å². The molecule has 3 rings (SSSR count). The van der Waals surface area contributed by atoms with Crippen LogP contribution in [0.3, 0.4) is 0 Å². The molecule has 3 aromatic rings. The number of carboxylic acid groups (broad SMARTS) is 1. The highest BCUT2D eigenvalue weighted by atomic mass is 35.5. The van der Waals surface area contributed by atoms with Gasteiger partial charge in [0, 0.05) is 15.8 Å². The van der Waals surface area contributed by atoms with Gasteiger partial charge in [-0.25, -0.2) is 4.79 Å². The molecular weight excluding hydrogens is 276 g/mol. The first kappa shape index (κ1) is 12.6. The Hall–Kier alpha value is -2.39. The third-order valence-electron chi connectivity index (χ3n) is 3.25. The van der Waals surface area contributed by atoms with Gasteiger partial charge in [-0.2, -0.15) is 0 Å². The first-order valence-electron chi connectivity index (χ1n) is 5.96. The summed E-state index contributed by atoms with van der Waals surface area (Å²) in [5.41, 5.74) is 0.00428. The van der Waals surface area contributed by atoms with Crippen LogP contribution in [0.4, 0.5) is 0 Å². The van der Waals surface area contributed by atoms with Crippen molar-refractivity contribution < 1.29 is 9.90 Å². The monoisotopic (exact) mass is 284 g/mol. The lowest BCUT2D eigenvalue weighted by atomic mass is 10.1. The van der Waals surface area contributed by atoms with Crippen molar-refractivity contribution >= 4 is 39.1 Å². The van der Waals surface area contributed by atoms with E-state index in [0.29, 0.717) is 21.2 Å². The molecule has 0 amide bonds. The van der Waals surface area contributed by atoms with Crippen LogP contribution in [-0.4, -0.2) is 11.1 Å². The van der Waals surface area contributed by atoms with E-state index in [1.165, 1.54) is 12.1 Å². The zero-order chi connectivity index (χ0) is 14.3. The topological polar surface area (TPSA) is 54.4 Å². The Labute approximate surface area is 119 Å². The van der Waals surface area contributed by atoms with E-state index in [-0.39, 0.29) is 11.0 Å². The highest BCUT2D eigenvalue weighted by molar-refractivity contribution is 6.31. The van der Waals surface area contributed by atoms with Gasteiger partial charge in [0.1, 0.15) is 0 Å². The number of rotatable bonds is 1. The largest absolute Gasteiger partial charge is 0.478 e. The summed E-state index contributed by atoms with van der Waals surface area (Å²) in [5, 5.41) is 11.9. The highest BCUT2D eigenvalue weighted by Crippen LogP contribution is 2.20. The Morgan fingerprint density at radius 3 is 2.35 bits per heavy atom. The van der Waals surface area contributed by atoms with Crippen LogP contribution in [0.1, 0.15) is 10.4 Å². The fourth-order valence-corrected chi connectivity index (χ4v) is 2.41. The predicted molar refractivity (Wildman–Crippen MR) is 79.7 cm³/mol. The van der Waals surface area contributed by atoms with Crippen LogP contribution in [0.15, 0.2) is 53.3 Å². The number of carbonyl (C=O) groups is 1. The van der Waals surface area contributed by atoms with E-state index in [9.17, 15) is 9.59 Å². The molecule has 0 aliphatic carbocycles. The number of hydrogen-bond acceptors (Lipinski definition) is 2. The second kappa shape index (κ2) is 4.62. The molecule has 0 unspecified atom stereocenters. The number of hydrogen-bond donors (Lipinski definition) is 1. The van der Waals surface area contributed by atoms with Crippen molar-refractivity contribution in [3.8, 4) is 0 Å². The molecule has 0 aromatic heterocycles. The number of halogens is 1. The molecule has 0 aliphatic heterocycles. The predicted octanol–water partition coefficient (Wildman–Crippen LogP) is 3.70. The van der Waals surface area contributed by atoms with Crippen LogP contribution in [0, 0.1) is 0 Å². The zero-order valence-corrected chi connectivity index (χ0v) is 11.0. The minimum absolute atomic E-state index is 0.153. The lowest BCUT2D eigenvalue weighted by molar-refractivity contribution is 0.0697. The molecular formula is C16H9ClO3. The van der Waals surface area contributed by atoms with E-state index in [1.807, 2.05) is 0 Å². The van der Waals surface area contributed by atoms with Crippen molar-refractivity contribution in [2.24, 2.45) is 0 Å². The van der Waals surface area contributed by atoms with Crippen LogP contribution in [-0.2, 0) is 0 Å². The van der Waals surface area contributed by atoms with E-state index >= 15 is 0 Å². The molecule has 1 N–H and O–H groups in total. The Kier molecular flexibility index (Phi) is 2.92. The summed E-state index contributed by atoms with van der Waals surface area (Å²) in [6.45, 7) is 0. The third-order valence-corrected chi connectivity index (χ3v) is 3.48. The minimum Gasteiger partial charge on any atom is -0.478 e. The molecule has 0 bridgehead atoms. The molecule has 0 heterocycles. The molecule has 98 valence electrons. The Balaban J connectivity index is 2.50. The number of benzene rings is 2. The molecule has 3 aromatic carbocycles. The number of aromatic carboxylic acids is 1. The summed E-state index contributed by atoms with van der Waals surface area (Å²) in [4.78, 5) is 23.5. The molecule has 0 aliphatic rings.